The maximum absolute atomic E-state index is 12.4. The summed E-state index contributed by atoms with van der Waals surface area (Å²) in [7, 11) is 0. The molecule has 0 unspecified atom stereocenters. The molecule has 0 aliphatic carbocycles. The Bertz CT molecular complexity index is 923. The van der Waals surface area contributed by atoms with E-state index >= 15 is 0 Å². The van der Waals surface area contributed by atoms with Crippen LogP contribution < -0.4 is 5.32 Å². The van der Waals surface area contributed by atoms with E-state index in [4.69, 9.17) is 0 Å². The smallest absolute Gasteiger partial charge is 0.224 e. The van der Waals surface area contributed by atoms with Crippen molar-refractivity contribution in [2.45, 2.75) is 26.7 Å². The highest BCUT2D eigenvalue weighted by atomic mass is 16.2. The first-order valence-electron chi connectivity index (χ1n) is 8.41. The van der Waals surface area contributed by atoms with Gasteiger partial charge in [-0.3, -0.25) is 9.59 Å². The number of benzene rings is 3. The third-order valence-electron chi connectivity index (χ3n) is 4.16. The normalized spacial score (nSPS) is 10.6. The molecule has 126 valence electrons. The van der Waals surface area contributed by atoms with E-state index in [1.165, 1.54) is 0 Å². The van der Waals surface area contributed by atoms with Gasteiger partial charge in [-0.05, 0) is 53.9 Å². The molecule has 1 N–H and O–H groups in total. The number of carbonyl (C=O) groups excluding carboxylic acids is 2. The van der Waals surface area contributed by atoms with Crippen molar-refractivity contribution >= 4 is 28.2 Å². The first-order chi connectivity index (χ1) is 12.0. The van der Waals surface area contributed by atoms with E-state index in [2.05, 4.69) is 11.4 Å². The molecule has 0 fully saturated rings. The number of hydrogen-bond donors (Lipinski definition) is 1. The molecule has 0 saturated heterocycles. The van der Waals surface area contributed by atoms with Crippen LogP contribution in [0.15, 0.2) is 60.7 Å². The Balaban J connectivity index is 1.61. The molecule has 0 heterocycles. The first kappa shape index (κ1) is 16.9. The zero-order valence-corrected chi connectivity index (χ0v) is 14.5. The Morgan fingerprint density at radius 1 is 0.800 bits per heavy atom. The van der Waals surface area contributed by atoms with Crippen LogP contribution in [0.1, 0.15) is 34.3 Å². The molecule has 3 aromatic rings. The van der Waals surface area contributed by atoms with Gasteiger partial charge in [0.1, 0.15) is 0 Å². The van der Waals surface area contributed by atoms with Crippen molar-refractivity contribution in [1.29, 1.82) is 0 Å². The summed E-state index contributed by atoms with van der Waals surface area (Å²) in [4.78, 5) is 24.5. The van der Waals surface area contributed by atoms with Crippen LogP contribution >= 0.6 is 0 Å². The number of hydrogen-bond acceptors (Lipinski definition) is 2. The fourth-order valence-corrected chi connectivity index (χ4v) is 3.00. The van der Waals surface area contributed by atoms with Gasteiger partial charge in [0.25, 0.3) is 0 Å². The van der Waals surface area contributed by atoms with Crippen molar-refractivity contribution in [3.8, 4) is 0 Å². The first-order valence-corrected chi connectivity index (χ1v) is 8.41. The van der Waals surface area contributed by atoms with E-state index in [9.17, 15) is 9.59 Å². The van der Waals surface area contributed by atoms with Crippen LogP contribution in [0.4, 0.5) is 5.69 Å². The van der Waals surface area contributed by atoms with Crippen molar-refractivity contribution in [3.05, 3.63) is 77.4 Å². The lowest BCUT2D eigenvalue weighted by molar-refractivity contribution is -0.116. The molecule has 0 aliphatic heterocycles. The van der Waals surface area contributed by atoms with Crippen LogP contribution in [0.2, 0.25) is 0 Å². The monoisotopic (exact) mass is 331 g/mol. The molecule has 0 saturated carbocycles. The van der Waals surface area contributed by atoms with Crippen molar-refractivity contribution < 1.29 is 9.59 Å². The number of anilines is 1. The van der Waals surface area contributed by atoms with E-state index in [1.54, 1.807) is 0 Å². The quantitative estimate of drug-likeness (QED) is 0.664. The summed E-state index contributed by atoms with van der Waals surface area (Å²) >= 11 is 0. The Kier molecular flexibility index (Phi) is 4.94. The summed E-state index contributed by atoms with van der Waals surface area (Å²) in [5, 5.41) is 5.01. The Morgan fingerprint density at radius 3 is 2.20 bits per heavy atom. The topological polar surface area (TPSA) is 46.2 Å². The van der Waals surface area contributed by atoms with Crippen LogP contribution in [-0.4, -0.2) is 11.7 Å². The van der Waals surface area contributed by atoms with E-state index in [1.807, 2.05) is 68.4 Å². The second kappa shape index (κ2) is 7.31. The minimum absolute atomic E-state index is 0.0127. The Morgan fingerprint density at radius 2 is 1.48 bits per heavy atom. The van der Waals surface area contributed by atoms with E-state index in [-0.39, 0.29) is 24.5 Å². The lowest BCUT2D eigenvalue weighted by Gasteiger charge is -2.08. The van der Waals surface area contributed by atoms with Gasteiger partial charge in [-0.25, -0.2) is 0 Å². The van der Waals surface area contributed by atoms with Gasteiger partial charge in [-0.15, -0.1) is 0 Å². The van der Waals surface area contributed by atoms with Gasteiger partial charge in [0.15, 0.2) is 5.78 Å². The molecular weight excluding hydrogens is 310 g/mol. The molecule has 1 amide bonds. The van der Waals surface area contributed by atoms with Crippen LogP contribution in [0.3, 0.4) is 0 Å². The molecule has 0 atom stereocenters. The molecule has 3 rings (SSSR count). The molecule has 0 bridgehead atoms. The summed E-state index contributed by atoms with van der Waals surface area (Å²) in [5.74, 6) is -0.152. The van der Waals surface area contributed by atoms with E-state index < -0.39 is 0 Å². The van der Waals surface area contributed by atoms with E-state index in [0.717, 1.165) is 27.6 Å². The zero-order chi connectivity index (χ0) is 17.8. The SMILES string of the molecule is Cc1cc(C)cc(NC(=O)CCC(=O)c2ccc3ccccc3c2)c1. The third kappa shape index (κ3) is 4.32. The number of carbonyl (C=O) groups is 2. The van der Waals surface area contributed by atoms with Crippen LogP contribution in [0.25, 0.3) is 10.8 Å². The van der Waals surface area contributed by atoms with Crippen molar-refractivity contribution in [3.63, 3.8) is 0 Å². The fraction of sp³-hybridized carbons (Fsp3) is 0.182. The van der Waals surface area contributed by atoms with Gasteiger partial charge >= 0.3 is 0 Å². The Labute approximate surface area is 147 Å². The average molecular weight is 331 g/mol. The lowest BCUT2D eigenvalue weighted by atomic mass is 10.0. The largest absolute Gasteiger partial charge is 0.326 e. The van der Waals surface area contributed by atoms with Crippen LogP contribution in [0, 0.1) is 13.8 Å². The second-order valence-corrected chi connectivity index (χ2v) is 6.41. The van der Waals surface area contributed by atoms with Crippen LogP contribution in [0.5, 0.6) is 0 Å². The molecule has 0 aliphatic rings. The molecular formula is C22H21NO2. The minimum Gasteiger partial charge on any atom is -0.326 e. The van der Waals surface area contributed by atoms with Crippen molar-refractivity contribution in [2.75, 3.05) is 5.32 Å². The number of rotatable bonds is 5. The molecule has 0 spiro atoms. The Hall–Kier alpha value is -2.94. The third-order valence-corrected chi connectivity index (χ3v) is 4.16. The number of aryl methyl sites for hydroxylation is 2. The summed E-state index contributed by atoms with van der Waals surface area (Å²) in [5.41, 5.74) is 3.63. The van der Waals surface area contributed by atoms with E-state index in [0.29, 0.717) is 5.56 Å². The molecule has 3 aromatic carbocycles. The predicted octanol–water partition coefficient (Wildman–Crippen LogP) is 5.06. The summed E-state index contributed by atoms with van der Waals surface area (Å²) < 4.78 is 0. The van der Waals surface area contributed by atoms with Crippen molar-refractivity contribution in [1.82, 2.24) is 0 Å². The highest BCUT2D eigenvalue weighted by molar-refractivity contribution is 6.02. The van der Waals surface area contributed by atoms with Gasteiger partial charge < -0.3 is 5.32 Å². The summed E-state index contributed by atoms with van der Waals surface area (Å²) in [6.07, 6.45) is 0.383. The number of Topliss-reactive ketones (excluding diaryl/α,β-unsaturated/α-hetero) is 1. The highest BCUT2D eigenvalue weighted by Gasteiger charge is 2.10. The van der Waals surface area contributed by atoms with Crippen LogP contribution in [-0.2, 0) is 4.79 Å². The number of ketones is 1. The van der Waals surface area contributed by atoms with Gasteiger partial charge in [-0.1, -0.05) is 42.5 Å². The zero-order valence-electron chi connectivity index (χ0n) is 14.5. The van der Waals surface area contributed by atoms with Gasteiger partial charge in [0.2, 0.25) is 5.91 Å². The molecule has 0 aromatic heterocycles. The maximum atomic E-state index is 12.4. The van der Waals surface area contributed by atoms with Gasteiger partial charge in [0, 0.05) is 24.1 Å². The summed E-state index contributed by atoms with van der Waals surface area (Å²) in [6.45, 7) is 3.98. The molecule has 25 heavy (non-hydrogen) atoms. The number of nitrogens with one attached hydrogen (secondary N) is 1. The highest BCUT2D eigenvalue weighted by Crippen LogP contribution is 2.18. The lowest BCUT2D eigenvalue weighted by Crippen LogP contribution is -2.13. The standard InChI is InChI=1S/C22H21NO2/c1-15-11-16(2)13-20(12-15)23-22(25)10-9-21(24)19-8-7-17-5-3-4-6-18(17)14-19/h3-8,11-14H,9-10H2,1-2H3,(H,23,25). The molecule has 0 radical (unpaired) electrons. The minimum atomic E-state index is -0.140. The van der Waals surface area contributed by atoms with Crippen molar-refractivity contribution in [2.24, 2.45) is 0 Å². The predicted molar refractivity (Wildman–Crippen MR) is 102 cm³/mol. The number of fused-ring (bicyclic) bond motifs is 1. The molecule has 3 nitrogen and oxygen atoms in total. The maximum Gasteiger partial charge on any atom is 0.224 e. The van der Waals surface area contributed by atoms with Gasteiger partial charge in [0.05, 0.1) is 0 Å². The number of amides is 1. The average Bonchev–Trinajstić information content (AvgIpc) is 2.58. The van der Waals surface area contributed by atoms with Gasteiger partial charge in [-0.2, -0.15) is 0 Å². The molecule has 3 heteroatoms. The fourth-order valence-electron chi connectivity index (χ4n) is 3.00. The summed E-state index contributed by atoms with van der Waals surface area (Å²) in [6, 6.07) is 19.5. The second-order valence-electron chi connectivity index (χ2n) is 6.41.